The van der Waals surface area contributed by atoms with E-state index < -0.39 is 10.0 Å². The summed E-state index contributed by atoms with van der Waals surface area (Å²) >= 11 is 5.88. The molecular weight excluding hydrogens is 436 g/mol. The Balaban J connectivity index is 1.34. The van der Waals surface area contributed by atoms with E-state index in [1.165, 1.54) is 16.4 Å². The van der Waals surface area contributed by atoms with Crippen molar-refractivity contribution in [2.45, 2.75) is 42.7 Å². The molecule has 1 aromatic heterocycles. The van der Waals surface area contributed by atoms with Crippen molar-refractivity contribution in [2.75, 3.05) is 13.1 Å². The van der Waals surface area contributed by atoms with Gasteiger partial charge in [0.1, 0.15) is 5.82 Å². The van der Waals surface area contributed by atoms with Crippen molar-refractivity contribution in [2.24, 2.45) is 0 Å². The molecule has 31 heavy (non-hydrogen) atoms. The number of rotatable bonds is 4. The van der Waals surface area contributed by atoms with Crippen molar-refractivity contribution < 1.29 is 8.42 Å². The highest BCUT2D eigenvalue weighted by Crippen LogP contribution is 2.31. The first-order valence-electron chi connectivity index (χ1n) is 10.5. The van der Waals surface area contributed by atoms with Crippen LogP contribution in [0, 0.1) is 0 Å². The normalized spacial score (nSPS) is 20.1. The monoisotopic (exact) mass is 458 g/mol. The van der Waals surface area contributed by atoms with Crippen LogP contribution in [0.5, 0.6) is 0 Å². The number of hydrogen-bond donors (Lipinski definition) is 0. The first-order chi connectivity index (χ1) is 14.9. The molecule has 0 unspecified atom stereocenters. The fraction of sp³-hybridized carbons (Fsp3) is 0.364. The van der Waals surface area contributed by atoms with Gasteiger partial charge in [0.05, 0.1) is 17.0 Å². The molecule has 3 heterocycles. The Kier molecular flexibility index (Phi) is 5.24. The molecule has 5 rings (SSSR count). The summed E-state index contributed by atoms with van der Waals surface area (Å²) in [6.45, 7) is 0.707. The number of halogens is 1. The largest absolute Gasteiger partial charge is 0.346 e. The van der Waals surface area contributed by atoms with Crippen molar-refractivity contribution in [1.29, 1.82) is 0 Å². The van der Waals surface area contributed by atoms with Gasteiger partial charge < -0.3 is 0 Å². The van der Waals surface area contributed by atoms with Gasteiger partial charge in [0.15, 0.2) is 0 Å². The maximum absolute atomic E-state index is 13.2. The Hall–Kier alpha value is -2.42. The third-order valence-electron chi connectivity index (χ3n) is 6.26. The van der Waals surface area contributed by atoms with E-state index in [4.69, 9.17) is 11.6 Å². The molecular formula is C22H23ClN4O3S. The summed E-state index contributed by atoms with van der Waals surface area (Å²) in [6.07, 6.45) is 2.75. The maximum Gasteiger partial charge on any atom is 0.346 e. The highest BCUT2D eigenvalue weighted by molar-refractivity contribution is 7.89. The lowest BCUT2D eigenvalue weighted by Crippen LogP contribution is -2.41. The third kappa shape index (κ3) is 3.62. The number of nitrogens with zero attached hydrogens (tertiary/aromatic N) is 4. The summed E-state index contributed by atoms with van der Waals surface area (Å²) < 4.78 is 30.7. The Morgan fingerprint density at radius 1 is 0.935 bits per heavy atom. The Morgan fingerprint density at radius 3 is 2.29 bits per heavy atom. The Labute approximate surface area is 185 Å². The van der Waals surface area contributed by atoms with Gasteiger partial charge in [-0.1, -0.05) is 41.9 Å². The van der Waals surface area contributed by atoms with Crippen LogP contribution >= 0.6 is 11.6 Å². The van der Waals surface area contributed by atoms with Gasteiger partial charge in [-0.3, -0.25) is 4.57 Å². The van der Waals surface area contributed by atoms with E-state index in [-0.39, 0.29) is 22.7 Å². The molecule has 0 saturated carbocycles. The molecule has 0 aliphatic carbocycles. The van der Waals surface area contributed by atoms with Crippen molar-refractivity contribution in [3.63, 3.8) is 0 Å². The minimum Gasteiger partial charge on any atom is -0.271 e. The van der Waals surface area contributed by atoms with Crippen LogP contribution in [-0.2, 0) is 16.4 Å². The van der Waals surface area contributed by atoms with Gasteiger partial charge in [0.2, 0.25) is 10.0 Å². The van der Waals surface area contributed by atoms with Crippen LogP contribution < -0.4 is 5.69 Å². The third-order valence-corrected chi connectivity index (χ3v) is 8.43. The van der Waals surface area contributed by atoms with E-state index in [1.807, 2.05) is 34.9 Å². The molecule has 2 aliphatic heterocycles. The first-order valence-corrected chi connectivity index (χ1v) is 12.3. The second-order valence-corrected chi connectivity index (χ2v) is 10.4. The molecule has 3 aromatic rings. The topological polar surface area (TPSA) is 77.2 Å². The SMILES string of the molecule is O=c1n(C2CCN(S(=O)(=O)c3ccc(Cl)cc3)CC2)nc2n1[C@H](c1ccccc1)CC2. The Bertz CT molecular complexity index is 1240. The molecule has 7 nitrogen and oxygen atoms in total. The molecule has 0 spiro atoms. The van der Waals surface area contributed by atoms with Crippen LogP contribution in [-0.4, -0.2) is 40.2 Å². The maximum atomic E-state index is 13.2. The van der Waals surface area contributed by atoms with Gasteiger partial charge in [-0.05, 0) is 49.1 Å². The lowest BCUT2D eigenvalue weighted by Gasteiger charge is -2.30. The number of fused-ring (bicyclic) bond motifs is 1. The lowest BCUT2D eigenvalue weighted by molar-refractivity contribution is 0.254. The predicted molar refractivity (Wildman–Crippen MR) is 118 cm³/mol. The fourth-order valence-electron chi connectivity index (χ4n) is 4.63. The van der Waals surface area contributed by atoms with E-state index in [9.17, 15) is 13.2 Å². The number of benzene rings is 2. The van der Waals surface area contributed by atoms with Crippen molar-refractivity contribution in [1.82, 2.24) is 18.7 Å². The standard InChI is InChI=1S/C22H23ClN4O3S/c23-17-6-8-19(9-7-17)31(29,30)25-14-12-18(13-15-25)27-22(28)26-20(10-11-21(26)24-27)16-4-2-1-3-5-16/h1-9,18,20H,10-15H2/t20-/m0/s1. The zero-order valence-electron chi connectivity index (χ0n) is 16.9. The van der Waals surface area contributed by atoms with Crippen molar-refractivity contribution >= 4 is 21.6 Å². The van der Waals surface area contributed by atoms with Gasteiger partial charge in [-0.25, -0.2) is 17.9 Å². The lowest BCUT2D eigenvalue weighted by atomic mass is 10.1. The molecule has 162 valence electrons. The molecule has 9 heteroatoms. The second kappa shape index (κ2) is 7.93. The average Bonchev–Trinajstić information content (AvgIpc) is 3.35. The van der Waals surface area contributed by atoms with Crippen molar-refractivity contribution in [3.05, 3.63) is 81.5 Å². The first kappa shape index (κ1) is 20.5. The second-order valence-electron chi connectivity index (χ2n) is 8.07. The number of hydrogen-bond acceptors (Lipinski definition) is 4. The molecule has 0 radical (unpaired) electrons. The minimum absolute atomic E-state index is 0.0165. The van der Waals surface area contributed by atoms with Crippen LogP contribution in [0.2, 0.25) is 5.02 Å². The average molecular weight is 459 g/mol. The van der Waals surface area contributed by atoms with Gasteiger partial charge in [0, 0.05) is 24.5 Å². The van der Waals surface area contributed by atoms with E-state index in [0.29, 0.717) is 31.0 Å². The van der Waals surface area contributed by atoms with Crippen LogP contribution in [0.15, 0.2) is 64.3 Å². The summed E-state index contributed by atoms with van der Waals surface area (Å²) in [5.41, 5.74) is 1.02. The fourth-order valence-corrected chi connectivity index (χ4v) is 6.22. The summed E-state index contributed by atoms with van der Waals surface area (Å²) in [5.74, 6) is 0.815. The molecule has 0 bridgehead atoms. The summed E-state index contributed by atoms with van der Waals surface area (Å²) in [4.78, 5) is 13.4. The number of aromatic nitrogens is 3. The molecule has 1 saturated heterocycles. The number of sulfonamides is 1. The predicted octanol–water partition coefficient (Wildman–Crippen LogP) is 3.26. The number of aryl methyl sites for hydroxylation is 1. The number of piperidine rings is 1. The molecule has 1 atom stereocenters. The highest BCUT2D eigenvalue weighted by atomic mass is 35.5. The van der Waals surface area contributed by atoms with E-state index >= 15 is 0 Å². The zero-order chi connectivity index (χ0) is 21.6. The van der Waals surface area contributed by atoms with Gasteiger partial charge >= 0.3 is 5.69 Å². The summed E-state index contributed by atoms with van der Waals surface area (Å²) in [6, 6.07) is 16.2. The van der Waals surface area contributed by atoms with Gasteiger partial charge in [0.25, 0.3) is 0 Å². The summed E-state index contributed by atoms with van der Waals surface area (Å²) in [7, 11) is -3.57. The van der Waals surface area contributed by atoms with E-state index in [0.717, 1.165) is 24.2 Å². The summed E-state index contributed by atoms with van der Waals surface area (Å²) in [5, 5.41) is 5.13. The van der Waals surface area contributed by atoms with Gasteiger partial charge in [-0.15, -0.1) is 0 Å². The Morgan fingerprint density at radius 2 is 1.61 bits per heavy atom. The quantitative estimate of drug-likeness (QED) is 0.601. The smallest absolute Gasteiger partial charge is 0.271 e. The molecule has 2 aromatic carbocycles. The van der Waals surface area contributed by atoms with Crippen LogP contribution in [0.25, 0.3) is 0 Å². The van der Waals surface area contributed by atoms with E-state index in [1.54, 1.807) is 16.8 Å². The minimum atomic E-state index is -3.57. The van der Waals surface area contributed by atoms with Gasteiger partial charge in [-0.2, -0.15) is 9.40 Å². The van der Waals surface area contributed by atoms with Crippen LogP contribution in [0.4, 0.5) is 0 Å². The highest BCUT2D eigenvalue weighted by Gasteiger charge is 2.34. The zero-order valence-corrected chi connectivity index (χ0v) is 18.5. The molecule has 0 N–H and O–H groups in total. The molecule has 1 fully saturated rings. The van der Waals surface area contributed by atoms with Crippen LogP contribution in [0.1, 0.15) is 42.7 Å². The molecule has 0 amide bonds. The molecule has 2 aliphatic rings. The van der Waals surface area contributed by atoms with E-state index in [2.05, 4.69) is 5.10 Å². The van der Waals surface area contributed by atoms with Crippen molar-refractivity contribution in [3.8, 4) is 0 Å². The van der Waals surface area contributed by atoms with Crippen LogP contribution in [0.3, 0.4) is 0 Å².